The van der Waals surface area contributed by atoms with Gasteiger partial charge in [-0.25, -0.2) is 18.0 Å². The van der Waals surface area contributed by atoms with E-state index in [-0.39, 0.29) is 55.2 Å². The number of hydrogen-bond acceptors (Lipinski definition) is 10. The Morgan fingerprint density at radius 2 is 1.87 bits per heavy atom. The van der Waals surface area contributed by atoms with Crippen molar-refractivity contribution in [1.82, 2.24) is 14.9 Å². The second kappa shape index (κ2) is 14.6. The molecule has 1 saturated carbocycles. The topological polar surface area (TPSA) is 162 Å². The van der Waals surface area contributed by atoms with Crippen LogP contribution in [-0.2, 0) is 35.4 Å². The summed E-state index contributed by atoms with van der Waals surface area (Å²) in [7, 11) is -2.48. The molecular weight excluding hydrogens is 618 g/mol. The number of nitrogens with one attached hydrogen (secondary N) is 2. The first-order valence-electron chi connectivity index (χ1n) is 15.5. The smallest absolute Gasteiger partial charge is 0.409 e. The van der Waals surface area contributed by atoms with Crippen LogP contribution in [0.3, 0.4) is 0 Å². The number of alkyl carbamates (subject to hydrolysis) is 2. The third kappa shape index (κ3) is 7.92. The van der Waals surface area contributed by atoms with Crippen LogP contribution in [0.1, 0.15) is 32.3 Å². The molecular formula is C32H43N3O10S. The van der Waals surface area contributed by atoms with Gasteiger partial charge in [-0.15, -0.1) is 0 Å². The first kappa shape index (κ1) is 33.9. The van der Waals surface area contributed by atoms with Crippen LogP contribution >= 0.6 is 0 Å². The van der Waals surface area contributed by atoms with Crippen molar-refractivity contribution < 1.29 is 46.8 Å². The van der Waals surface area contributed by atoms with E-state index in [0.29, 0.717) is 31.7 Å². The number of amides is 2. The molecule has 14 heteroatoms. The molecule has 5 rings (SSSR count). The van der Waals surface area contributed by atoms with Gasteiger partial charge >= 0.3 is 12.2 Å². The van der Waals surface area contributed by atoms with Crippen molar-refractivity contribution in [2.45, 2.75) is 68.0 Å². The summed E-state index contributed by atoms with van der Waals surface area (Å²) in [4.78, 5) is 24.7. The predicted molar refractivity (Wildman–Crippen MR) is 166 cm³/mol. The molecule has 2 aliphatic heterocycles. The highest BCUT2D eigenvalue weighted by atomic mass is 32.2. The molecule has 3 N–H and O–H groups in total. The Bertz CT molecular complexity index is 1440. The summed E-state index contributed by atoms with van der Waals surface area (Å²) in [6, 6.07) is 14.5. The van der Waals surface area contributed by atoms with Crippen molar-refractivity contribution in [3.8, 4) is 5.75 Å². The molecule has 2 aromatic rings. The van der Waals surface area contributed by atoms with E-state index >= 15 is 0 Å². The quantitative estimate of drug-likeness (QED) is 0.257. The van der Waals surface area contributed by atoms with Crippen molar-refractivity contribution in [2.75, 3.05) is 40.1 Å². The van der Waals surface area contributed by atoms with Crippen molar-refractivity contribution in [2.24, 2.45) is 11.8 Å². The Morgan fingerprint density at radius 1 is 1.13 bits per heavy atom. The van der Waals surface area contributed by atoms with E-state index in [1.165, 1.54) is 23.5 Å². The Hall–Kier alpha value is -3.43. The highest BCUT2D eigenvalue weighted by molar-refractivity contribution is 7.89. The maximum Gasteiger partial charge on any atom is 0.409 e. The van der Waals surface area contributed by atoms with Gasteiger partial charge in [-0.05, 0) is 48.6 Å². The normalized spacial score (nSPS) is 25.3. The fraction of sp³-hybridized carbons (Fsp3) is 0.562. The summed E-state index contributed by atoms with van der Waals surface area (Å²) in [5.41, 5.74) is 0.147. The Balaban J connectivity index is 1.21. The van der Waals surface area contributed by atoms with Crippen LogP contribution in [0.4, 0.5) is 9.59 Å². The fourth-order valence-corrected chi connectivity index (χ4v) is 8.01. The standard InChI is InChI=1S/C32H43N3O10S/c1-21(2)16-35(46(39,40)25-11-9-23(41-3)10-12-25)17-28(36)27(13-22-7-5-4-6-8-22)34-31(38)44-20-43-24-14-26-29(15-24)42-19-32(26)18-33-30(37)45-32/h4-12,21,24,26-29,36H,13-20H2,1-3H3,(H,33,37)(H,34,38)/t24-,26+,27+,28-,29-,32+/m1/s1. The van der Waals surface area contributed by atoms with Gasteiger partial charge < -0.3 is 39.4 Å². The van der Waals surface area contributed by atoms with E-state index in [0.717, 1.165) is 5.56 Å². The molecule has 3 fully saturated rings. The van der Waals surface area contributed by atoms with Crippen LogP contribution < -0.4 is 15.4 Å². The molecule has 0 aromatic heterocycles. The first-order chi connectivity index (χ1) is 22.0. The number of methoxy groups -OCH3 is 1. The highest BCUT2D eigenvalue weighted by Crippen LogP contribution is 2.46. The zero-order chi connectivity index (χ0) is 32.9. The van der Waals surface area contributed by atoms with E-state index in [4.69, 9.17) is 23.7 Å². The average molecular weight is 662 g/mol. The molecule has 0 radical (unpaired) electrons. The van der Waals surface area contributed by atoms with E-state index in [1.54, 1.807) is 12.1 Å². The molecule has 2 aromatic carbocycles. The molecule has 1 aliphatic carbocycles. The SMILES string of the molecule is COc1ccc(S(=O)(=O)N(CC(C)C)C[C@@H](O)[C@H](Cc2ccccc2)NC(=O)OCO[C@H]2C[C@H]3OC[C@@]4(CNC(=O)O4)[C@H]3C2)cc1. The molecule has 2 saturated heterocycles. The minimum absolute atomic E-state index is 0.0151. The minimum atomic E-state index is -3.98. The van der Waals surface area contributed by atoms with E-state index in [9.17, 15) is 23.1 Å². The summed E-state index contributed by atoms with van der Waals surface area (Å²) >= 11 is 0. The number of benzene rings is 2. The number of hydrogen-bond donors (Lipinski definition) is 3. The highest BCUT2D eigenvalue weighted by Gasteiger charge is 2.59. The third-order valence-electron chi connectivity index (χ3n) is 8.72. The van der Waals surface area contributed by atoms with Gasteiger partial charge in [0.2, 0.25) is 10.0 Å². The van der Waals surface area contributed by atoms with Crippen LogP contribution in [0.25, 0.3) is 0 Å². The lowest BCUT2D eigenvalue weighted by Crippen LogP contribution is -2.51. The molecule has 2 amide bonds. The Morgan fingerprint density at radius 3 is 2.52 bits per heavy atom. The molecule has 6 atom stereocenters. The maximum atomic E-state index is 13.7. The number of aliphatic hydroxyl groups excluding tert-OH is 1. The second-order valence-electron chi connectivity index (χ2n) is 12.5. The third-order valence-corrected chi connectivity index (χ3v) is 10.6. The Kier molecular flexibility index (Phi) is 10.7. The summed E-state index contributed by atoms with van der Waals surface area (Å²) in [5.74, 6) is 0.475. The maximum absolute atomic E-state index is 13.7. The van der Waals surface area contributed by atoms with Crippen molar-refractivity contribution >= 4 is 22.2 Å². The van der Waals surface area contributed by atoms with Crippen LogP contribution in [0.5, 0.6) is 5.75 Å². The molecule has 13 nitrogen and oxygen atoms in total. The zero-order valence-electron chi connectivity index (χ0n) is 26.3. The van der Waals surface area contributed by atoms with Gasteiger partial charge in [0.05, 0.1) is 49.5 Å². The molecule has 1 spiro atoms. The number of aliphatic hydroxyl groups is 1. The monoisotopic (exact) mass is 661 g/mol. The first-order valence-corrected chi connectivity index (χ1v) is 16.9. The van der Waals surface area contributed by atoms with Crippen LogP contribution in [0.15, 0.2) is 59.5 Å². The lowest BCUT2D eigenvalue weighted by atomic mass is 9.88. The Labute approximate surface area is 269 Å². The summed E-state index contributed by atoms with van der Waals surface area (Å²) in [6.07, 6.45) is -1.50. The zero-order valence-corrected chi connectivity index (χ0v) is 27.1. The van der Waals surface area contributed by atoms with Crippen LogP contribution in [-0.4, -0.2) is 100 Å². The number of nitrogens with zero attached hydrogens (tertiary/aromatic N) is 1. The second-order valence-corrected chi connectivity index (χ2v) is 14.4. The molecule has 2 heterocycles. The number of ether oxygens (including phenoxy) is 5. The van der Waals surface area contributed by atoms with Crippen LogP contribution in [0.2, 0.25) is 0 Å². The van der Waals surface area contributed by atoms with Crippen molar-refractivity contribution in [1.29, 1.82) is 0 Å². The summed E-state index contributed by atoms with van der Waals surface area (Å²) in [5, 5.41) is 16.8. The number of carbonyl (C=O) groups excluding carboxylic acids is 2. The van der Waals surface area contributed by atoms with Gasteiger partial charge in [-0.2, -0.15) is 4.31 Å². The minimum Gasteiger partial charge on any atom is -0.497 e. The summed E-state index contributed by atoms with van der Waals surface area (Å²) < 4.78 is 56.3. The number of sulfonamides is 1. The van der Waals surface area contributed by atoms with E-state index in [1.807, 2.05) is 44.2 Å². The van der Waals surface area contributed by atoms with Crippen molar-refractivity contribution in [3.05, 3.63) is 60.2 Å². The molecule has 46 heavy (non-hydrogen) atoms. The lowest BCUT2D eigenvalue weighted by molar-refractivity contribution is -0.0699. The molecule has 3 aliphatic rings. The molecule has 0 bridgehead atoms. The summed E-state index contributed by atoms with van der Waals surface area (Å²) in [6.45, 7) is 4.08. The van der Waals surface area contributed by atoms with Crippen LogP contribution in [0, 0.1) is 11.8 Å². The number of fused-ring (bicyclic) bond motifs is 2. The predicted octanol–water partition coefficient (Wildman–Crippen LogP) is 2.67. The van der Waals surface area contributed by atoms with E-state index < -0.39 is 40.0 Å². The average Bonchev–Trinajstić information content (AvgIpc) is 3.72. The molecule has 252 valence electrons. The van der Waals surface area contributed by atoms with Crippen molar-refractivity contribution in [3.63, 3.8) is 0 Å². The van der Waals surface area contributed by atoms with Gasteiger partial charge in [0.25, 0.3) is 0 Å². The largest absolute Gasteiger partial charge is 0.497 e. The van der Waals surface area contributed by atoms with Gasteiger partial charge in [0.15, 0.2) is 12.4 Å². The van der Waals surface area contributed by atoms with Gasteiger partial charge in [-0.1, -0.05) is 44.2 Å². The van der Waals surface area contributed by atoms with Gasteiger partial charge in [-0.3, -0.25) is 0 Å². The lowest BCUT2D eigenvalue weighted by Gasteiger charge is -2.30. The van der Waals surface area contributed by atoms with E-state index in [2.05, 4.69) is 10.6 Å². The number of carbonyl (C=O) groups is 2. The number of rotatable bonds is 14. The van der Waals surface area contributed by atoms with Gasteiger partial charge in [0.1, 0.15) is 5.75 Å². The fourth-order valence-electron chi connectivity index (χ4n) is 6.39. The molecule has 0 unspecified atom stereocenters. The van der Waals surface area contributed by atoms with Gasteiger partial charge in [0, 0.05) is 25.4 Å².